The highest BCUT2D eigenvalue weighted by molar-refractivity contribution is 7.98. The van der Waals surface area contributed by atoms with Gasteiger partial charge in [-0.2, -0.15) is 11.8 Å². The van der Waals surface area contributed by atoms with Gasteiger partial charge in [0.2, 0.25) is 0 Å². The van der Waals surface area contributed by atoms with Crippen LogP contribution in [0.25, 0.3) is 0 Å². The number of esters is 1. The molecule has 0 saturated heterocycles. The van der Waals surface area contributed by atoms with Crippen LogP contribution in [0.1, 0.15) is 18.6 Å². The van der Waals surface area contributed by atoms with E-state index in [1.807, 2.05) is 19.2 Å². The lowest BCUT2D eigenvalue weighted by atomic mass is 9.96. The van der Waals surface area contributed by atoms with E-state index in [4.69, 9.17) is 9.15 Å². The quantitative estimate of drug-likeness (QED) is 0.768. The predicted molar refractivity (Wildman–Crippen MR) is 71.4 cm³/mol. The Kier molecular flexibility index (Phi) is 4.35. The molecule has 1 fully saturated rings. The van der Waals surface area contributed by atoms with E-state index in [0.29, 0.717) is 11.7 Å². The van der Waals surface area contributed by atoms with E-state index in [1.165, 1.54) is 7.11 Å². The van der Waals surface area contributed by atoms with Gasteiger partial charge < -0.3 is 14.5 Å². The molecule has 18 heavy (non-hydrogen) atoms. The first-order valence-corrected chi connectivity index (χ1v) is 7.26. The molecular formula is C13H19NO3S. The topological polar surface area (TPSA) is 51.5 Å². The van der Waals surface area contributed by atoms with Gasteiger partial charge in [0.15, 0.2) is 0 Å². The molecule has 1 unspecified atom stereocenters. The van der Waals surface area contributed by atoms with Crippen LogP contribution < -0.4 is 5.32 Å². The van der Waals surface area contributed by atoms with Gasteiger partial charge in [0.1, 0.15) is 11.3 Å². The molecule has 1 aromatic heterocycles. The molecule has 1 aromatic rings. The smallest absolute Gasteiger partial charge is 0.327 e. The molecule has 0 radical (unpaired) electrons. The molecule has 0 bridgehead atoms. The third kappa shape index (κ3) is 2.72. The Bertz CT molecular complexity index is 389. The van der Waals surface area contributed by atoms with Crippen molar-refractivity contribution in [2.75, 3.05) is 19.9 Å². The van der Waals surface area contributed by atoms with Crippen LogP contribution in [0.5, 0.6) is 0 Å². The molecule has 0 aliphatic heterocycles. The van der Waals surface area contributed by atoms with Crippen molar-refractivity contribution in [3.63, 3.8) is 0 Å². The normalized spacial score (nSPS) is 18.3. The molecular weight excluding hydrogens is 250 g/mol. The van der Waals surface area contributed by atoms with E-state index in [9.17, 15) is 4.79 Å². The molecule has 1 heterocycles. The van der Waals surface area contributed by atoms with E-state index in [1.54, 1.807) is 18.0 Å². The monoisotopic (exact) mass is 269 g/mol. The number of likely N-dealkylation sites (N-methyl/N-ethyl adjacent to an activating group) is 1. The highest BCUT2D eigenvalue weighted by Crippen LogP contribution is 2.42. The summed E-state index contributed by atoms with van der Waals surface area (Å²) in [6, 6.07) is 3.83. The maximum atomic E-state index is 12.0. The van der Waals surface area contributed by atoms with Crippen LogP contribution >= 0.6 is 11.8 Å². The summed E-state index contributed by atoms with van der Waals surface area (Å²) < 4.78 is 10.2. The van der Waals surface area contributed by atoms with Crippen molar-refractivity contribution in [2.24, 2.45) is 5.92 Å². The lowest BCUT2D eigenvalue weighted by Gasteiger charge is -2.30. The van der Waals surface area contributed by atoms with Crippen molar-refractivity contribution in [2.45, 2.75) is 24.1 Å². The summed E-state index contributed by atoms with van der Waals surface area (Å²) in [6.07, 6.45) is 3.86. The van der Waals surface area contributed by atoms with Crippen molar-refractivity contribution in [1.82, 2.24) is 5.32 Å². The maximum Gasteiger partial charge on any atom is 0.327 e. The SMILES string of the molecule is CNC(CSCc1ccco1)(C(=O)OC)C1CC1. The van der Waals surface area contributed by atoms with Crippen LogP contribution in [-0.4, -0.2) is 31.4 Å². The fourth-order valence-electron chi connectivity index (χ4n) is 2.19. The highest BCUT2D eigenvalue weighted by Gasteiger charge is 2.50. The summed E-state index contributed by atoms with van der Waals surface area (Å²) in [6.45, 7) is 0. The van der Waals surface area contributed by atoms with Gasteiger partial charge in [-0.15, -0.1) is 0 Å². The Morgan fingerprint density at radius 1 is 1.67 bits per heavy atom. The molecule has 0 aromatic carbocycles. The largest absolute Gasteiger partial charge is 0.468 e. The van der Waals surface area contributed by atoms with Crippen LogP contribution in [0.3, 0.4) is 0 Å². The van der Waals surface area contributed by atoms with Gasteiger partial charge in [-0.25, -0.2) is 0 Å². The van der Waals surface area contributed by atoms with Gasteiger partial charge in [-0.3, -0.25) is 4.79 Å². The number of ether oxygens (including phenoxy) is 1. The van der Waals surface area contributed by atoms with E-state index in [0.717, 1.165) is 24.4 Å². The Hall–Kier alpha value is -0.940. The Labute approximate surface area is 111 Å². The number of hydrogen-bond donors (Lipinski definition) is 1. The average Bonchev–Trinajstić information content (AvgIpc) is 3.12. The number of methoxy groups -OCH3 is 1. The summed E-state index contributed by atoms with van der Waals surface area (Å²) in [4.78, 5) is 12.0. The van der Waals surface area contributed by atoms with Crippen LogP contribution in [0.2, 0.25) is 0 Å². The minimum absolute atomic E-state index is 0.153. The number of hydrogen-bond acceptors (Lipinski definition) is 5. The van der Waals surface area contributed by atoms with E-state index >= 15 is 0 Å². The third-order valence-electron chi connectivity index (χ3n) is 3.42. The number of carbonyl (C=O) groups excluding carboxylic acids is 1. The standard InChI is InChI=1S/C13H19NO3S/c1-14-13(10-5-6-10,12(15)16-2)9-18-8-11-4-3-7-17-11/h3-4,7,10,14H,5-6,8-9H2,1-2H3. The van der Waals surface area contributed by atoms with Gasteiger partial charge in [-0.05, 0) is 37.9 Å². The number of rotatable bonds is 7. The number of furan rings is 1. The number of nitrogens with one attached hydrogen (secondary N) is 1. The fourth-order valence-corrected chi connectivity index (χ4v) is 3.47. The van der Waals surface area contributed by atoms with Crippen molar-refractivity contribution in [3.05, 3.63) is 24.2 Å². The molecule has 1 saturated carbocycles. The van der Waals surface area contributed by atoms with Crippen molar-refractivity contribution >= 4 is 17.7 Å². The van der Waals surface area contributed by atoms with Gasteiger partial charge >= 0.3 is 5.97 Å². The zero-order chi connectivity index (χ0) is 13.0. The highest BCUT2D eigenvalue weighted by atomic mass is 32.2. The lowest BCUT2D eigenvalue weighted by Crippen LogP contribution is -2.55. The second-order valence-electron chi connectivity index (χ2n) is 4.56. The van der Waals surface area contributed by atoms with Gasteiger partial charge in [0, 0.05) is 5.75 Å². The molecule has 1 atom stereocenters. The summed E-state index contributed by atoms with van der Waals surface area (Å²) in [5.41, 5.74) is -0.536. The van der Waals surface area contributed by atoms with Gasteiger partial charge in [0.25, 0.3) is 0 Å². The predicted octanol–water partition coefficient (Wildman–Crippen LogP) is 2.05. The van der Waals surface area contributed by atoms with Gasteiger partial charge in [0.05, 0.1) is 19.1 Å². The molecule has 1 aliphatic carbocycles. The Morgan fingerprint density at radius 2 is 2.44 bits per heavy atom. The van der Waals surface area contributed by atoms with Crippen molar-refractivity contribution in [3.8, 4) is 0 Å². The average molecular weight is 269 g/mol. The van der Waals surface area contributed by atoms with E-state index < -0.39 is 5.54 Å². The molecule has 0 spiro atoms. The van der Waals surface area contributed by atoms with Crippen molar-refractivity contribution < 1.29 is 13.9 Å². The summed E-state index contributed by atoms with van der Waals surface area (Å²) in [5.74, 6) is 2.67. The minimum Gasteiger partial charge on any atom is -0.468 e. The molecule has 0 amide bonds. The fraction of sp³-hybridized carbons (Fsp3) is 0.615. The molecule has 4 nitrogen and oxygen atoms in total. The first kappa shape index (κ1) is 13.5. The van der Waals surface area contributed by atoms with Crippen LogP contribution in [0.15, 0.2) is 22.8 Å². The second-order valence-corrected chi connectivity index (χ2v) is 5.54. The Morgan fingerprint density at radius 3 is 2.94 bits per heavy atom. The van der Waals surface area contributed by atoms with Gasteiger partial charge in [-0.1, -0.05) is 0 Å². The van der Waals surface area contributed by atoms with Crippen LogP contribution in [-0.2, 0) is 15.3 Å². The van der Waals surface area contributed by atoms with Crippen LogP contribution in [0, 0.1) is 5.92 Å². The summed E-state index contributed by atoms with van der Waals surface area (Å²) in [7, 11) is 3.29. The molecule has 1 N–H and O–H groups in total. The molecule has 100 valence electrons. The zero-order valence-electron chi connectivity index (χ0n) is 10.8. The minimum atomic E-state index is -0.536. The second kappa shape index (κ2) is 5.80. The van der Waals surface area contributed by atoms with E-state index in [-0.39, 0.29) is 5.97 Å². The molecule has 5 heteroatoms. The first-order valence-electron chi connectivity index (χ1n) is 6.10. The lowest BCUT2D eigenvalue weighted by molar-refractivity contribution is -0.148. The number of thioether (sulfide) groups is 1. The van der Waals surface area contributed by atoms with Crippen LogP contribution in [0.4, 0.5) is 0 Å². The number of carbonyl (C=O) groups is 1. The maximum absolute atomic E-state index is 12.0. The third-order valence-corrected chi connectivity index (χ3v) is 4.57. The first-order chi connectivity index (χ1) is 8.73. The molecule has 2 rings (SSSR count). The summed E-state index contributed by atoms with van der Waals surface area (Å²) in [5, 5.41) is 3.18. The Balaban J connectivity index is 1.94. The van der Waals surface area contributed by atoms with Crippen molar-refractivity contribution in [1.29, 1.82) is 0 Å². The zero-order valence-corrected chi connectivity index (χ0v) is 11.6. The van der Waals surface area contributed by atoms with E-state index in [2.05, 4.69) is 5.32 Å². The molecule has 1 aliphatic rings. The summed E-state index contributed by atoms with van der Waals surface area (Å²) >= 11 is 1.70.